The van der Waals surface area contributed by atoms with E-state index in [1.54, 1.807) is 12.1 Å². The number of nitrogens with one attached hydrogen (secondary N) is 1. The van der Waals surface area contributed by atoms with Gasteiger partial charge in [0.15, 0.2) is 0 Å². The topological polar surface area (TPSA) is 66.4 Å². The molecule has 0 atom stereocenters. The molecule has 1 aromatic rings. The van der Waals surface area contributed by atoms with Crippen LogP contribution in [0.3, 0.4) is 0 Å². The monoisotopic (exact) mass is 227 g/mol. The van der Waals surface area contributed by atoms with Gasteiger partial charge in [0.05, 0.1) is 4.90 Å². The van der Waals surface area contributed by atoms with Crippen LogP contribution in [0.25, 0.3) is 0 Å². The summed E-state index contributed by atoms with van der Waals surface area (Å²) in [6, 6.07) is 6.65. The van der Waals surface area contributed by atoms with Crippen molar-refractivity contribution in [3.63, 3.8) is 0 Å². The molecule has 1 saturated carbocycles. The second-order valence-corrected chi connectivity index (χ2v) is 5.19. The van der Waals surface area contributed by atoms with Crippen LogP contribution in [-0.4, -0.2) is 19.0 Å². The minimum Gasteiger partial charge on any atom is -0.382 e. The van der Waals surface area contributed by atoms with Crippen LogP contribution in [0.1, 0.15) is 19.3 Å². The zero-order valence-corrected chi connectivity index (χ0v) is 9.00. The standard InChI is InChI=1S/C10H13NO3S/c12-15(13,14)10-6-4-9(5-7-10)11-8-2-1-3-8/h4-8,11H,1-3H2,(H,12,13,14). The first kappa shape index (κ1) is 10.4. The Morgan fingerprint density at radius 1 is 1.20 bits per heavy atom. The lowest BCUT2D eigenvalue weighted by Gasteiger charge is -2.27. The van der Waals surface area contributed by atoms with E-state index >= 15 is 0 Å². The summed E-state index contributed by atoms with van der Waals surface area (Å²) < 4.78 is 30.3. The summed E-state index contributed by atoms with van der Waals surface area (Å²) in [5, 5.41) is 3.28. The Kier molecular flexibility index (Phi) is 2.67. The van der Waals surface area contributed by atoms with Crippen molar-refractivity contribution >= 4 is 15.8 Å². The van der Waals surface area contributed by atoms with Gasteiger partial charge in [-0.25, -0.2) is 0 Å². The molecular formula is C10H13NO3S. The molecule has 1 fully saturated rings. The number of hydrogen-bond donors (Lipinski definition) is 2. The van der Waals surface area contributed by atoms with Gasteiger partial charge in [-0.05, 0) is 43.5 Å². The minimum atomic E-state index is -4.07. The zero-order chi connectivity index (χ0) is 10.9. The van der Waals surface area contributed by atoms with Gasteiger partial charge < -0.3 is 5.32 Å². The van der Waals surface area contributed by atoms with Gasteiger partial charge in [0.25, 0.3) is 10.1 Å². The van der Waals surface area contributed by atoms with Crippen LogP contribution in [0.5, 0.6) is 0 Å². The molecule has 1 aliphatic carbocycles. The fourth-order valence-corrected chi connectivity index (χ4v) is 1.99. The quantitative estimate of drug-likeness (QED) is 0.774. The van der Waals surface area contributed by atoms with E-state index in [2.05, 4.69) is 5.32 Å². The van der Waals surface area contributed by atoms with Gasteiger partial charge in [-0.1, -0.05) is 0 Å². The van der Waals surface area contributed by atoms with Crippen LogP contribution in [0.15, 0.2) is 29.2 Å². The van der Waals surface area contributed by atoms with Gasteiger partial charge in [-0.15, -0.1) is 0 Å². The Bertz CT molecular complexity index is 434. The molecule has 0 aromatic heterocycles. The average Bonchev–Trinajstić information content (AvgIpc) is 2.11. The van der Waals surface area contributed by atoms with Gasteiger partial charge in [-0.2, -0.15) is 8.42 Å². The second kappa shape index (κ2) is 3.83. The van der Waals surface area contributed by atoms with Crippen molar-refractivity contribution in [1.82, 2.24) is 0 Å². The van der Waals surface area contributed by atoms with Crippen LogP contribution in [0, 0.1) is 0 Å². The minimum absolute atomic E-state index is 0.0679. The highest BCUT2D eigenvalue weighted by molar-refractivity contribution is 7.85. The zero-order valence-electron chi connectivity index (χ0n) is 8.18. The second-order valence-electron chi connectivity index (χ2n) is 3.77. The van der Waals surface area contributed by atoms with Gasteiger partial charge in [0.2, 0.25) is 0 Å². The fourth-order valence-electron chi connectivity index (χ4n) is 1.51. The molecule has 0 amide bonds. The lowest BCUT2D eigenvalue weighted by molar-refractivity contribution is 0.445. The summed E-state index contributed by atoms with van der Waals surface area (Å²) in [4.78, 5) is -0.0679. The highest BCUT2D eigenvalue weighted by Crippen LogP contribution is 2.23. The smallest absolute Gasteiger partial charge is 0.294 e. The molecule has 2 rings (SSSR count). The maximum Gasteiger partial charge on any atom is 0.294 e. The molecule has 2 N–H and O–H groups in total. The molecule has 82 valence electrons. The first-order chi connectivity index (χ1) is 7.05. The van der Waals surface area contributed by atoms with Crippen molar-refractivity contribution in [2.75, 3.05) is 5.32 Å². The molecule has 0 bridgehead atoms. The van der Waals surface area contributed by atoms with Crippen LogP contribution in [0.4, 0.5) is 5.69 Å². The van der Waals surface area contributed by atoms with Crippen LogP contribution < -0.4 is 5.32 Å². The van der Waals surface area contributed by atoms with E-state index < -0.39 is 10.1 Å². The maximum atomic E-state index is 10.8. The molecule has 5 heteroatoms. The molecule has 1 aromatic carbocycles. The van der Waals surface area contributed by atoms with Gasteiger partial charge in [0, 0.05) is 11.7 Å². The van der Waals surface area contributed by atoms with Gasteiger partial charge in [0.1, 0.15) is 0 Å². The summed E-state index contributed by atoms with van der Waals surface area (Å²) in [5.74, 6) is 0. The molecule has 0 aliphatic heterocycles. The fraction of sp³-hybridized carbons (Fsp3) is 0.400. The SMILES string of the molecule is O=S(=O)(O)c1ccc(NC2CCC2)cc1. The van der Waals surface area contributed by atoms with Crippen LogP contribution >= 0.6 is 0 Å². The molecule has 0 heterocycles. The lowest BCUT2D eigenvalue weighted by atomic mass is 9.93. The predicted molar refractivity (Wildman–Crippen MR) is 57.5 cm³/mol. The molecule has 0 unspecified atom stereocenters. The van der Waals surface area contributed by atoms with E-state index in [4.69, 9.17) is 4.55 Å². The highest BCUT2D eigenvalue weighted by atomic mass is 32.2. The van der Waals surface area contributed by atoms with Crippen molar-refractivity contribution in [3.8, 4) is 0 Å². The Labute approximate surface area is 89.1 Å². The third-order valence-corrected chi connectivity index (χ3v) is 3.50. The summed E-state index contributed by atoms with van der Waals surface area (Å²) in [6.07, 6.45) is 3.58. The van der Waals surface area contributed by atoms with E-state index in [0.29, 0.717) is 6.04 Å². The van der Waals surface area contributed by atoms with E-state index in [0.717, 1.165) is 5.69 Å². The number of anilines is 1. The van der Waals surface area contributed by atoms with Crippen molar-refractivity contribution in [3.05, 3.63) is 24.3 Å². The van der Waals surface area contributed by atoms with Crippen molar-refractivity contribution in [1.29, 1.82) is 0 Å². The van der Waals surface area contributed by atoms with E-state index in [1.807, 2.05) is 0 Å². The largest absolute Gasteiger partial charge is 0.382 e. The molecule has 0 saturated heterocycles. The highest BCUT2D eigenvalue weighted by Gasteiger charge is 2.17. The first-order valence-corrected chi connectivity index (χ1v) is 6.34. The Hall–Kier alpha value is -1.07. The van der Waals surface area contributed by atoms with E-state index in [1.165, 1.54) is 31.4 Å². The Morgan fingerprint density at radius 3 is 2.20 bits per heavy atom. The van der Waals surface area contributed by atoms with Crippen molar-refractivity contribution < 1.29 is 13.0 Å². The normalized spacial score (nSPS) is 17.1. The number of benzene rings is 1. The summed E-state index contributed by atoms with van der Waals surface area (Å²) in [5.41, 5.74) is 0.895. The molecule has 15 heavy (non-hydrogen) atoms. The molecule has 1 aliphatic rings. The third kappa shape index (κ3) is 2.49. The lowest BCUT2D eigenvalue weighted by Crippen LogP contribution is -2.26. The third-order valence-electron chi connectivity index (χ3n) is 2.63. The van der Waals surface area contributed by atoms with Crippen molar-refractivity contribution in [2.45, 2.75) is 30.2 Å². The molecule has 0 radical (unpaired) electrons. The Morgan fingerprint density at radius 2 is 1.80 bits per heavy atom. The van der Waals surface area contributed by atoms with Crippen molar-refractivity contribution in [2.24, 2.45) is 0 Å². The number of rotatable bonds is 3. The maximum absolute atomic E-state index is 10.8. The van der Waals surface area contributed by atoms with Gasteiger partial charge in [-0.3, -0.25) is 4.55 Å². The van der Waals surface area contributed by atoms with Crippen LogP contribution in [0.2, 0.25) is 0 Å². The number of hydrogen-bond acceptors (Lipinski definition) is 3. The van der Waals surface area contributed by atoms with Crippen LogP contribution in [-0.2, 0) is 10.1 Å². The summed E-state index contributed by atoms with van der Waals surface area (Å²) in [7, 11) is -4.07. The molecule has 0 spiro atoms. The molecule has 4 nitrogen and oxygen atoms in total. The molecular weight excluding hydrogens is 214 g/mol. The average molecular weight is 227 g/mol. The van der Waals surface area contributed by atoms with Gasteiger partial charge >= 0.3 is 0 Å². The predicted octanol–water partition coefficient (Wildman–Crippen LogP) is 1.90. The summed E-state index contributed by atoms with van der Waals surface area (Å²) in [6.45, 7) is 0. The van der Waals surface area contributed by atoms with E-state index in [-0.39, 0.29) is 4.90 Å². The summed E-state index contributed by atoms with van der Waals surface area (Å²) >= 11 is 0. The first-order valence-electron chi connectivity index (χ1n) is 4.90. The van der Waals surface area contributed by atoms with E-state index in [9.17, 15) is 8.42 Å². The Balaban J connectivity index is 2.09.